The van der Waals surface area contributed by atoms with E-state index in [1.807, 2.05) is 0 Å². The van der Waals surface area contributed by atoms with Gasteiger partial charge in [-0.25, -0.2) is 9.18 Å². The van der Waals surface area contributed by atoms with Crippen LogP contribution in [0.2, 0.25) is 0 Å². The van der Waals surface area contributed by atoms with Gasteiger partial charge in [-0.15, -0.1) is 0 Å². The highest BCUT2D eigenvalue weighted by Gasteiger charge is 2.30. The number of hydrogen-bond donors (Lipinski definition) is 0. The van der Waals surface area contributed by atoms with Crippen LogP contribution in [0, 0.1) is 0 Å². The second-order valence-corrected chi connectivity index (χ2v) is 3.23. The highest BCUT2D eigenvalue weighted by molar-refractivity contribution is 5.76. The summed E-state index contributed by atoms with van der Waals surface area (Å²) >= 11 is 0. The fourth-order valence-electron chi connectivity index (χ4n) is 1.19. The molecule has 0 heterocycles. The molecule has 0 radical (unpaired) electrons. The van der Waals surface area contributed by atoms with Crippen molar-refractivity contribution in [3.8, 4) is 0 Å². The van der Waals surface area contributed by atoms with Crippen molar-refractivity contribution in [3.63, 3.8) is 0 Å². The number of ether oxygens (including phenoxy) is 1. The molecule has 0 aliphatic heterocycles. The van der Waals surface area contributed by atoms with E-state index >= 15 is 0 Å². The first-order chi connectivity index (χ1) is 7.86. The summed E-state index contributed by atoms with van der Waals surface area (Å²) in [6.07, 6.45) is -6.54. The fraction of sp³-hybridized carbons (Fsp3) is 0.364. The van der Waals surface area contributed by atoms with E-state index in [9.17, 15) is 22.4 Å². The van der Waals surface area contributed by atoms with Gasteiger partial charge >= 0.3 is 12.1 Å². The van der Waals surface area contributed by atoms with Gasteiger partial charge in [-0.3, -0.25) is 0 Å². The molecule has 0 spiro atoms. The van der Waals surface area contributed by atoms with Crippen molar-refractivity contribution in [1.29, 1.82) is 0 Å². The molecule has 0 aromatic heterocycles. The molecule has 17 heavy (non-hydrogen) atoms. The van der Waals surface area contributed by atoms with Gasteiger partial charge in [0.25, 0.3) is 0 Å². The van der Waals surface area contributed by atoms with Gasteiger partial charge in [0.1, 0.15) is 0 Å². The second-order valence-electron chi connectivity index (χ2n) is 3.23. The molecule has 0 saturated carbocycles. The van der Waals surface area contributed by atoms with Crippen LogP contribution < -0.4 is 0 Å². The highest BCUT2D eigenvalue weighted by atomic mass is 19.4. The summed E-state index contributed by atoms with van der Waals surface area (Å²) in [6, 6.07) is 3.29. The van der Waals surface area contributed by atoms with Crippen molar-refractivity contribution in [1.82, 2.24) is 0 Å². The van der Waals surface area contributed by atoms with E-state index in [2.05, 4.69) is 4.74 Å². The van der Waals surface area contributed by atoms with E-state index in [0.29, 0.717) is 0 Å². The molecule has 2 nitrogen and oxygen atoms in total. The van der Waals surface area contributed by atoms with Gasteiger partial charge in [0.15, 0.2) is 0 Å². The summed E-state index contributed by atoms with van der Waals surface area (Å²) in [4.78, 5) is 11.0. The van der Waals surface area contributed by atoms with Crippen LogP contribution in [0.4, 0.5) is 17.6 Å². The lowest BCUT2D eigenvalue weighted by Crippen LogP contribution is -2.12. The minimum Gasteiger partial charge on any atom is -0.464 e. The monoisotopic (exact) mass is 250 g/mol. The van der Waals surface area contributed by atoms with Gasteiger partial charge in [0.05, 0.1) is 12.2 Å². The van der Waals surface area contributed by atoms with E-state index in [-0.39, 0.29) is 12.2 Å². The minimum absolute atomic E-state index is 0.0138. The van der Waals surface area contributed by atoms with Crippen molar-refractivity contribution >= 4 is 5.97 Å². The Morgan fingerprint density at radius 2 is 1.82 bits per heavy atom. The van der Waals surface area contributed by atoms with Crippen molar-refractivity contribution in [2.75, 3.05) is 6.61 Å². The highest BCUT2D eigenvalue weighted by Crippen LogP contribution is 2.30. The van der Waals surface area contributed by atoms with Crippen molar-refractivity contribution in [3.05, 3.63) is 35.4 Å². The van der Waals surface area contributed by atoms with Gasteiger partial charge in [0.2, 0.25) is 6.17 Å². The number of carbonyl (C=O) groups is 1. The van der Waals surface area contributed by atoms with Crippen molar-refractivity contribution in [2.45, 2.75) is 19.3 Å². The molecule has 94 valence electrons. The summed E-state index contributed by atoms with van der Waals surface area (Å²) in [6.45, 7) is 1.53. The molecular formula is C11H10F4O2. The third-order valence-corrected chi connectivity index (χ3v) is 2.02. The first-order valence-corrected chi connectivity index (χ1v) is 4.84. The zero-order valence-corrected chi connectivity index (χ0v) is 8.92. The minimum atomic E-state index is -4.48. The van der Waals surface area contributed by atoms with Crippen LogP contribution in [0.5, 0.6) is 0 Å². The molecule has 0 unspecified atom stereocenters. The third-order valence-electron chi connectivity index (χ3n) is 2.02. The maximum Gasteiger partial charge on any atom is 0.416 e. The molecule has 0 bridgehead atoms. The Morgan fingerprint density at radius 3 is 2.24 bits per heavy atom. The summed E-state index contributed by atoms with van der Waals surface area (Å²) in [5.41, 5.74) is -1.05. The van der Waals surface area contributed by atoms with E-state index in [1.54, 1.807) is 0 Å². The molecule has 1 rings (SSSR count). The quantitative estimate of drug-likeness (QED) is 0.607. The van der Waals surface area contributed by atoms with Crippen LogP contribution in [0.25, 0.3) is 0 Å². The van der Waals surface area contributed by atoms with Crippen LogP contribution in [-0.4, -0.2) is 12.6 Å². The molecule has 0 fully saturated rings. The fourth-order valence-corrected chi connectivity index (χ4v) is 1.19. The lowest BCUT2D eigenvalue weighted by Gasteiger charge is -2.10. The molecule has 1 aromatic rings. The van der Waals surface area contributed by atoms with Gasteiger partial charge in [-0.2, -0.15) is 13.2 Å². The van der Waals surface area contributed by atoms with Crippen LogP contribution in [0.15, 0.2) is 24.3 Å². The van der Waals surface area contributed by atoms with E-state index in [1.165, 1.54) is 6.92 Å². The number of esters is 1. The Balaban J connectivity index is 2.84. The van der Waals surface area contributed by atoms with Crippen LogP contribution in [0.3, 0.4) is 0 Å². The summed E-state index contributed by atoms with van der Waals surface area (Å²) in [5.74, 6) is -1.10. The predicted molar refractivity (Wildman–Crippen MR) is 51.9 cm³/mol. The summed E-state index contributed by atoms with van der Waals surface area (Å²) in [5, 5.41) is 0. The Morgan fingerprint density at radius 1 is 1.29 bits per heavy atom. The average Bonchev–Trinajstić information content (AvgIpc) is 2.27. The van der Waals surface area contributed by atoms with Crippen molar-refractivity contribution in [2.24, 2.45) is 0 Å². The first-order valence-electron chi connectivity index (χ1n) is 4.84. The van der Waals surface area contributed by atoms with Crippen LogP contribution in [-0.2, 0) is 15.7 Å². The third kappa shape index (κ3) is 3.44. The molecule has 6 heteroatoms. The van der Waals surface area contributed by atoms with Crippen LogP contribution >= 0.6 is 0 Å². The average molecular weight is 250 g/mol. The smallest absolute Gasteiger partial charge is 0.416 e. The van der Waals surface area contributed by atoms with Gasteiger partial charge in [0, 0.05) is 0 Å². The lowest BCUT2D eigenvalue weighted by atomic mass is 10.1. The molecule has 0 aliphatic rings. The second kappa shape index (κ2) is 5.16. The zero-order valence-electron chi connectivity index (χ0n) is 8.92. The topological polar surface area (TPSA) is 26.3 Å². The largest absolute Gasteiger partial charge is 0.464 e. The Labute approximate surface area is 95.2 Å². The number of alkyl halides is 4. The normalized spacial score (nSPS) is 13.2. The first kappa shape index (κ1) is 13.5. The maximum atomic E-state index is 13.4. The zero-order chi connectivity index (χ0) is 13.1. The van der Waals surface area contributed by atoms with Gasteiger partial charge < -0.3 is 4.74 Å². The Hall–Kier alpha value is -1.59. The van der Waals surface area contributed by atoms with Gasteiger partial charge in [-0.05, 0) is 24.6 Å². The molecule has 1 atom stereocenters. The standard InChI is InChI=1S/C11H10F4O2/c1-2-17-10(16)9(12)7-3-5-8(6-4-7)11(13,14)15/h3-6,9H,2H2,1H3/t9-/m1/s1. The van der Waals surface area contributed by atoms with Gasteiger partial charge in [-0.1, -0.05) is 12.1 Å². The molecule has 0 N–H and O–H groups in total. The van der Waals surface area contributed by atoms with E-state index in [0.717, 1.165) is 24.3 Å². The molecule has 0 aliphatic carbocycles. The number of rotatable bonds is 3. The van der Waals surface area contributed by atoms with E-state index in [4.69, 9.17) is 0 Å². The van der Waals surface area contributed by atoms with Crippen molar-refractivity contribution < 1.29 is 27.1 Å². The Bertz CT molecular complexity index is 383. The summed E-state index contributed by atoms with van der Waals surface area (Å²) in [7, 11) is 0. The predicted octanol–water partition coefficient (Wildman–Crippen LogP) is 3.28. The number of halogens is 4. The van der Waals surface area contributed by atoms with Crippen LogP contribution in [0.1, 0.15) is 24.2 Å². The molecular weight excluding hydrogens is 240 g/mol. The molecule has 0 saturated heterocycles. The number of benzene rings is 1. The SMILES string of the molecule is CCOC(=O)[C@H](F)c1ccc(C(F)(F)F)cc1. The molecule has 1 aromatic carbocycles. The number of hydrogen-bond acceptors (Lipinski definition) is 2. The van der Waals surface area contributed by atoms with E-state index < -0.39 is 23.9 Å². The Kier molecular flexibility index (Phi) is 4.09. The molecule has 0 amide bonds. The number of carbonyl (C=O) groups excluding carboxylic acids is 1. The maximum absolute atomic E-state index is 13.4. The summed E-state index contributed by atoms with van der Waals surface area (Å²) < 4.78 is 54.5. The lowest BCUT2D eigenvalue weighted by molar-refractivity contribution is -0.149.